The van der Waals surface area contributed by atoms with E-state index in [4.69, 9.17) is 9.47 Å². The number of ether oxygens (including phenoxy) is 2. The summed E-state index contributed by atoms with van der Waals surface area (Å²) < 4.78 is 23.2. The maximum absolute atomic E-state index is 13.1. The van der Waals surface area contributed by atoms with Gasteiger partial charge in [-0.2, -0.15) is 0 Å². The molecule has 0 saturated carbocycles. The second-order valence-corrected chi connectivity index (χ2v) is 4.20. The van der Waals surface area contributed by atoms with Crippen LogP contribution in [0.4, 0.5) is 4.39 Å². The Morgan fingerprint density at radius 2 is 2.06 bits per heavy atom. The maximum Gasteiger partial charge on any atom is 0.124 e. The standard InChI is InChI=1S/C13H19FO3/c1-9(8-16-2)6-12(15)11-7-10(14)4-5-13(11)17-3/h4-5,7,9,12,15H,6,8H2,1-3H3. The molecule has 2 atom stereocenters. The van der Waals surface area contributed by atoms with Gasteiger partial charge in [0.2, 0.25) is 0 Å². The molecule has 0 bridgehead atoms. The number of halogens is 1. The predicted octanol–water partition coefficient (Wildman–Crippen LogP) is 2.54. The molecule has 0 radical (unpaired) electrons. The molecular formula is C13H19FO3. The predicted molar refractivity (Wildman–Crippen MR) is 63.6 cm³/mol. The van der Waals surface area contributed by atoms with Crippen molar-refractivity contribution in [3.05, 3.63) is 29.6 Å². The molecule has 0 aromatic heterocycles. The SMILES string of the molecule is COCC(C)CC(O)c1cc(F)ccc1OC. The van der Waals surface area contributed by atoms with Crippen molar-refractivity contribution in [2.45, 2.75) is 19.4 Å². The summed E-state index contributed by atoms with van der Waals surface area (Å²) in [5, 5.41) is 10.1. The second-order valence-electron chi connectivity index (χ2n) is 4.20. The Labute approximate surface area is 101 Å². The van der Waals surface area contributed by atoms with Gasteiger partial charge in [0.15, 0.2) is 0 Å². The first kappa shape index (κ1) is 13.9. The number of methoxy groups -OCH3 is 2. The third-order valence-corrected chi connectivity index (χ3v) is 2.63. The topological polar surface area (TPSA) is 38.7 Å². The summed E-state index contributed by atoms with van der Waals surface area (Å²) in [6.45, 7) is 2.53. The average molecular weight is 242 g/mol. The lowest BCUT2D eigenvalue weighted by atomic mass is 9.98. The molecule has 0 aliphatic carbocycles. The smallest absolute Gasteiger partial charge is 0.124 e. The minimum Gasteiger partial charge on any atom is -0.496 e. The summed E-state index contributed by atoms with van der Waals surface area (Å²) in [6.07, 6.45) is -0.237. The third-order valence-electron chi connectivity index (χ3n) is 2.63. The van der Waals surface area contributed by atoms with Crippen molar-refractivity contribution in [2.75, 3.05) is 20.8 Å². The van der Waals surface area contributed by atoms with Gasteiger partial charge in [0.05, 0.1) is 13.2 Å². The largest absolute Gasteiger partial charge is 0.496 e. The summed E-state index contributed by atoms with van der Waals surface area (Å²) in [4.78, 5) is 0. The molecule has 0 saturated heterocycles. The van der Waals surface area contributed by atoms with Gasteiger partial charge in [-0.05, 0) is 30.5 Å². The van der Waals surface area contributed by atoms with Gasteiger partial charge in [0.25, 0.3) is 0 Å². The molecule has 0 heterocycles. The fourth-order valence-electron chi connectivity index (χ4n) is 1.83. The number of aliphatic hydroxyl groups excluding tert-OH is 1. The lowest BCUT2D eigenvalue weighted by molar-refractivity contribution is 0.1000. The van der Waals surface area contributed by atoms with Gasteiger partial charge in [-0.3, -0.25) is 0 Å². The Bertz CT molecular complexity index is 355. The number of hydrogen-bond acceptors (Lipinski definition) is 3. The van der Waals surface area contributed by atoms with E-state index in [0.717, 1.165) is 0 Å². The highest BCUT2D eigenvalue weighted by Gasteiger charge is 2.17. The van der Waals surface area contributed by atoms with E-state index in [0.29, 0.717) is 24.3 Å². The number of aliphatic hydroxyl groups is 1. The van der Waals surface area contributed by atoms with Gasteiger partial charge in [0, 0.05) is 19.3 Å². The van der Waals surface area contributed by atoms with Crippen LogP contribution in [0.25, 0.3) is 0 Å². The second kappa shape index (κ2) is 6.57. The molecule has 3 nitrogen and oxygen atoms in total. The van der Waals surface area contributed by atoms with Gasteiger partial charge < -0.3 is 14.6 Å². The van der Waals surface area contributed by atoms with E-state index in [9.17, 15) is 9.50 Å². The molecule has 17 heavy (non-hydrogen) atoms. The molecule has 0 aliphatic heterocycles. The van der Waals surface area contributed by atoms with Gasteiger partial charge in [0.1, 0.15) is 11.6 Å². The Morgan fingerprint density at radius 1 is 1.35 bits per heavy atom. The lowest BCUT2D eigenvalue weighted by Gasteiger charge is -2.18. The molecule has 0 fully saturated rings. The fraction of sp³-hybridized carbons (Fsp3) is 0.538. The van der Waals surface area contributed by atoms with Crippen LogP contribution < -0.4 is 4.74 Å². The maximum atomic E-state index is 13.1. The van der Waals surface area contributed by atoms with E-state index >= 15 is 0 Å². The number of hydrogen-bond donors (Lipinski definition) is 1. The third kappa shape index (κ3) is 3.98. The first-order valence-electron chi connectivity index (χ1n) is 5.59. The van der Waals surface area contributed by atoms with Crippen molar-refractivity contribution in [1.29, 1.82) is 0 Å². The molecule has 1 N–H and O–H groups in total. The zero-order chi connectivity index (χ0) is 12.8. The summed E-state index contributed by atoms with van der Waals surface area (Å²) in [7, 11) is 3.12. The number of rotatable bonds is 6. The summed E-state index contributed by atoms with van der Waals surface area (Å²) in [6, 6.07) is 4.14. The van der Waals surface area contributed by atoms with E-state index in [-0.39, 0.29) is 11.7 Å². The highest BCUT2D eigenvalue weighted by molar-refractivity contribution is 5.35. The van der Waals surface area contributed by atoms with E-state index < -0.39 is 6.10 Å². The minimum atomic E-state index is -0.745. The normalized spacial score (nSPS) is 14.4. The highest BCUT2D eigenvalue weighted by atomic mass is 19.1. The van der Waals surface area contributed by atoms with Crippen LogP contribution in [0.2, 0.25) is 0 Å². The van der Waals surface area contributed by atoms with Crippen LogP contribution in [-0.2, 0) is 4.74 Å². The first-order valence-corrected chi connectivity index (χ1v) is 5.59. The quantitative estimate of drug-likeness (QED) is 0.833. The molecular weight excluding hydrogens is 223 g/mol. The van der Waals surface area contributed by atoms with E-state index in [2.05, 4.69) is 0 Å². The lowest BCUT2D eigenvalue weighted by Crippen LogP contribution is -2.10. The van der Waals surface area contributed by atoms with Crippen LogP contribution in [0, 0.1) is 11.7 Å². The Hall–Kier alpha value is -1.13. The van der Waals surface area contributed by atoms with Crippen LogP contribution in [0.3, 0.4) is 0 Å². The Morgan fingerprint density at radius 3 is 2.65 bits per heavy atom. The van der Waals surface area contributed by atoms with Gasteiger partial charge in [-0.15, -0.1) is 0 Å². The van der Waals surface area contributed by atoms with Crippen molar-refractivity contribution in [1.82, 2.24) is 0 Å². The van der Waals surface area contributed by atoms with Crippen LogP contribution in [0.5, 0.6) is 5.75 Å². The molecule has 2 unspecified atom stereocenters. The number of benzene rings is 1. The zero-order valence-corrected chi connectivity index (χ0v) is 10.4. The molecule has 0 aliphatic rings. The molecule has 1 rings (SSSR count). The Kier molecular flexibility index (Phi) is 5.38. The summed E-state index contributed by atoms with van der Waals surface area (Å²) in [5.41, 5.74) is 0.482. The van der Waals surface area contributed by atoms with Crippen molar-refractivity contribution in [2.24, 2.45) is 5.92 Å². The van der Waals surface area contributed by atoms with Crippen LogP contribution in [0.1, 0.15) is 25.0 Å². The van der Waals surface area contributed by atoms with Crippen molar-refractivity contribution >= 4 is 0 Å². The van der Waals surface area contributed by atoms with Crippen LogP contribution in [-0.4, -0.2) is 25.9 Å². The van der Waals surface area contributed by atoms with Crippen molar-refractivity contribution in [3.8, 4) is 5.75 Å². The van der Waals surface area contributed by atoms with E-state index in [1.807, 2.05) is 6.92 Å². The molecule has 1 aromatic rings. The van der Waals surface area contributed by atoms with Crippen LogP contribution in [0.15, 0.2) is 18.2 Å². The van der Waals surface area contributed by atoms with Gasteiger partial charge in [-0.1, -0.05) is 6.92 Å². The van der Waals surface area contributed by atoms with Crippen LogP contribution >= 0.6 is 0 Å². The first-order chi connectivity index (χ1) is 8.08. The zero-order valence-electron chi connectivity index (χ0n) is 10.4. The Balaban J connectivity index is 2.79. The monoisotopic (exact) mass is 242 g/mol. The highest BCUT2D eigenvalue weighted by Crippen LogP contribution is 2.30. The molecule has 96 valence electrons. The van der Waals surface area contributed by atoms with Crippen molar-refractivity contribution in [3.63, 3.8) is 0 Å². The molecule has 0 spiro atoms. The molecule has 0 amide bonds. The average Bonchev–Trinajstić information content (AvgIpc) is 2.29. The minimum absolute atomic E-state index is 0.197. The van der Waals surface area contributed by atoms with E-state index in [1.54, 1.807) is 7.11 Å². The van der Waals surface area contributed by atoms with Gasteiger partial charge in [-0.25, -0.2) is 4.39 Å². The molecule has 4 heteroatoms. The van der Waals surface area contributed by atoms with Crippen molar-refractivity contribution < 1.29 is 19.0 Å². The summed E-state index contributed by atoms with van der Waals surface area (Å²) >= 11 is 0. The molecule has 1 aromatic carbocycles. The fourth-order valence-corrected chi connectivity index (χ4v) is 1.83. The van der Waals surface area contributed by atoms with Gasteiger partial charge >= 0.3 is 0 Å². The summed E-state index contributed by atoms with van der Waals surface area (Å²) in [5.74, 6) is 0.325. The van der Waals surface area contributed by atoms with E-state index in [1.165, 1.54) is 25.3 Å².